The maximum Gasteiger partial charge on any atom is 0.101 e. The number of nitrogens with two attached hydrogens (primary N) is 1. The van der Waals surface area contributed by atoms with Gasteiger partial charge in [0.2, 0.25) is 0 Å². The van der Waals surface area contributed by atoms with Gasteiger partial charge in [0.1, 0.15) is 6.07 Å². The summed E-state index contributed by atoms with van der Waals surface area (Å²) in [6, 6.07) is 8.31. The maximum atomic E-state index is 8.99. The summed E-state index contributed by atoms with van der Waals surface area (Å²) in [6.07, 6.45) is 2.64. The monoisotopic (exact) mass is 230 g/mol. The molecular formula is C13H18N4. The fourth-order valence-electron chi connectivity index (χ4n) is 1.87. The summed E-state index contributed by atoms with van der Waals surface area (Å²) in [6.45, 7) is 1.85. The molecule has 4 nitrogen and oxygen atoms in total. The number of nitrogens with one attached hydrogen (secondary N) is 1. The molecular weight excluding hydrogens is 212 g/mol. The van der Waals surface area contributed by atoms with Crippen LogP contribution in [-0.2, 0) is 0 Å². The topological polar surface area (TPSA) is 65.1 Å². The molecule has 0 radical (unpaired) electrons. The standard InChI is InChI=1S/C13H18N4/c1-17(12-3-4-12)7-6-16-13-5-2-11(15)8-10(13)9-14/h2,5,8,12,16H,3-4,6-7,15H2,1H3. The van der Waals surface area contributed by atoms with Gasteiger partial charge < -0.3 is 16.0 Å². The molecule has 3 N–H and O–H groups in total. The highest BCUT2D eigenvalue weighted by Gasteiger charge is 2.25. The van der Waals surface area contributed by atoms with Crippen LogP contribution in [-0.4, -0.2) is 31.1 Å². The molecule has 1 fully saturated rings. The van der Waals surface area contributed by atoms with Gasteiger partial charge in [0, 0.05) is 24.8 Å². The zero-order valence-electron chi connectivity index (χ0n) is 10.1. The molecule has 0 saturated heterocycles. The van der Waals surface area contributed by atoms with E-state index in [0.717, 1.165) is 24.8 Å². The van der Waals surface area contributed by atoms with Crippen molar-refractivity contribution in [2.75, 3.05) is 31.2 Å². The number of nitrogen functional groups attached to an aromatic ring is 1. The third-order valence-corrected chi connectivity index (χ3v) is 3.11. The average molecular weight is 230 g/mol. The number of rotatable bonds is 5. The lowest BCUT2D eigenvalue weighted by Crippen LogP contribution is -2.27. The van der Waals surface area contributed by atoms with Gasteiger partial charge in [-0.1, -0.05) is 0 Å². The molecule has 1 saturated carbocycles. The highest BCUT2D eigenvalue weighted by atomic mass is 15.2. The first kappa shape index (κ1) is 11.7. The number of hydrogen-bond acceptors (Lipinski definition) is 4. The Bertz CT molecular complexity index is 432. The molecule has 90 valence electrons. The van der Waals surface area contributed by atoms with E-state index in [2.05, 4.69) is 23.3 Å². The largest absolute Gasteiger partial charge is 0.399 e. The molecule has 1 aromatic rings. The number of anilines is 2. The van der Waals surface area contributed by atoms with Gasteiger partial charge in [0.25, 0.3) is 0 Å². The Hall–Kier alpha value is -1.73. The van der Waals surface area contributed by atoms with E-state index >= 15 is 0 Å². The van der Waals surface area contributed by atoms with E-state index in [1.165, 1.54) is 12.8 Å². The molecule has 0 aromatic heterocycles. The summed E-state index contributed by atoms with van der Waals surface area (Å²) in [7, 11) is 2.15. The zero-order valence-corrected chi connectivity index (χ0v) is 10.1. The van der Waals surface area contributed by atoms with E-state index in [-0.39, 0.29) is 0 Å². The van der Waals surface area contributed by atoms with Gasteiger partial charge in [-0.3, -0.25) is 0 Å². The van der Waals surface area contributed by atoms with Crippen molar-refractivity contribution in [2.45, 2.75) is 18.9 Å². The predicted octanol–water partition coefficient (Wildman–Crippen LogP) is 1.65. The van der Waals surface area contributed by atoms with Crippen molar-refractivity contribution in [1.82, 2.24) is 4.90 Å². The van der Waals surface area contributed by atoms with Crippen molar-refractivity contribution in [3.63, 3.8) is 0 Å². The van der Waals surface area contributed by atoms with Crippen LogP contribution in [0.3, 0.4) is 0 Å². The molecule has 1 aliphatic carbocycles. The first-order valence-corrected chi connectivity index (χ1v) is 5.94. The quantitative estimate of drug-likeness (QED) is 0.755. The molecule has 1 aliphatic rings. The summed E-state index contributed by atoms with van der Waals surface area (Å²) in [4.78, 5) is 2.36. The van der Waals surface area contributed by atoms with Crippen molar-refractivity contribution in [3.05, 3.63) is 23.8 Å². The van der Waals surface area contributed by atoms with Gasteiger partial charge in [-0.25, -0.2) is 0 Å². The minimum absolute atomic E-state index is 0.610. The Morgan fingerprint density at radius 1 is 1.53 bits per heavy atom. The van der Waals surface area contributed by atoms with Gasteiger partial charge in [-0.05, 0) is 38.1 Å². The third-order valence-electron chi connectivity index (χ3n) is 3.11. The van der Waals surface area contributed by atoms with Gasteiger partial charge >= 0.3 is 0 Å². The highest BCUT2D eigenvalue weighted by Crippen LogP contribution is 2.25. The number of benzene rings is 1. The summed E-state index contributed by atoms with van der Waals surface area (Å²) >= 11 is 0. The van der Waals surface area contributed by atoms with Crippen LogP contribution in [0.25, 0.3) is 0 Å². The minimum Gasteiger partial charge on any atom is -0.399 e. The number of hydrogen-bond donors (Lipinski definition) is 2. The summed E-state index contributed by atoms with van der Waals surface area (Å²) in [5.74, 6) is 0. The molecule has 4 heteroatoms. The number of likely N-dealkylation sites (N-methyl/N-ethyl adjacent to an activating group) is 1. The molecule has 17 heavy (non-hydrogen) atoms. The average Bonchev–Trinajstić information content (AvgIpc) is 3.14. The Morgan fingerprint density at radius 3 is 2.94 bits per heavy atom. The van der Waals surface area contributed by atoms with Crippen molar-refractivity contribution in [3.8, 4) is 6.07 Å². The van der Waals surface area contributed by atoms with Crippen molar-refractivity contribution >= 4 is 11.4 Å². The molecule has 0 spiro atoms. The number of nitrogens with zero attached hydrogens (tertiary/aromatic N) is 2. The lowest BCUT2D eigenvalue weighted by Gasteiger charge is -2.16. The highest BCUT2D eigenvalue weighted by molar-refractivity contribution is 5.62. The minimum atomic E-state index is 0.610. The van der Waals surface area contributed by atoms with Crippen molar-refractivity contribution in [1.29, 1.82) is 5.26 Å². The maximum absolute atomic E-state index is 8.99. The first-order valence-electron chi connectivity index (χ1n) is 5.94. The molecule has 0 aliphatic heterocycles. The van der Waals surface area contributed by atoms with E-state index in [1.807, 2.05) is 12.1 Å². The van der Waals surface area contributed by atoms with Crippen LogP contribution in [0.15, 0.2) is 18.2 Å². The normalized spacial score (nSPS) is 14.6. The SMILES string of the molecule is CN(CCNc1ccc(N)cc1C#N)C1CC1. The van der Waals surface area contributed by atoms with E-state index in [9.17, 15) is 0 Å². The summed E-state index contributed by atoms with van der Waals surface area (Å²) in [5.41, 5.74) is 7.74. The second-order valence-corrected chi connectivity index (χ2v) is 4.56. The van der Waals surface area contributed by atoms with Crippen LogP contribution in [0, 0.1) is 11.3 Å². The Labute approximate surface area is 102 Å². The molecule has 2 rings (SSSR count). The van der Waals surface area contributed by atoms with Crippen LogP contribution in [0.5, 0.6) is 0 Å². The zero-order chi connectivity index (χ0) is 12.3. The molecule has 1 aromatic carbocycles. The van der Waals surface area contributed by atoms with Crippen LogP contribution in [0.1, 0.15) is 18.4 Å². The number of nitriles is 1. The fraction of sp³-hybridized carbons (Fsp3) is 0.462. The first-order chi connectivity index (χ1) is 8.20. The lowest BCUT2D eigenvalue weighted by atomic mass is 10.1. The van der Waals surface area contributed by atoms with Crippen LogP contribution >= 0.6 is 0 Å². The van der Waals surface area contributed by atoms with Crippen molar-refractivity contribution < 1.29 is 0 Å². The molecule has 0 heterocycles. The molecule has 0 atom stereocenters. The molecule has 0 unspecified atom stereocenters. The van der Waals surface area contributed by atoms with Crippen LogP contribution in [0.2, 0.25) is 0 Å². The van der Waals surface area contributed by atoms with E-state index in [0.29, 0.717) is 11.3 Å². The van der Waals surface area contributed by atoms with Crippen LogP contribution < -0.4 is 11.1 Å². The molecule has 0 bridgehead atoms. The summed E-state index contributed by atoms with van der Waals surface area (Å²) in [5, 5.41) is 12.3. The van der Waals surface area contributed by atoms with E-state index in [4.69, 9.17) is 11.0 Å². The second kappa shape index (κ2) is 5.07. The Morgan fingerprint density at radius 2 is 2.29 bits per heavy atom. The van der Waals surface area contributed by atoms with E-state index in [1.54, 1.807) is 6.07 Å². The van der Waals surface area contributed by atoms with Crippen LogP contribution in [0.4, 0.5) is 11.4 Å². The van der Waals surface area contributed by atoms with Crippen molar-refractivity contribution in [2.24, 2.45) is 0 Å². The second-order valence-electron chi connectivity index (χ2n) is 4.56. The third kappa shape index (κ3) is 3.11. The lowest BCUT2D eigenvalue weighted by molar-refractivity contribution is 0.337. The Balaban J connectivity index is 1.87. The van der Waals surface area contributed by atoms with Gasteiger partial charge in [-0.15, -0.1) is 0 Å². The Kier molecular flexibility index (Phi) is 3.50. The van der Waals surface area contributed by atoms with Gasteiger partial charge in [0.15, 0.2) is 0 Å². The smallest absolute Gasteiger partial charge is 0.101 e. The van der Waals surface area contributed by atoms with Gasteiger partial charge in [-0.2, -0.15) is 5.26 Å². The fourth-order valence-corrected chi connectivity index (χ4v) is 1.87. The predicted molar refractivity (Wildman–Crippen MR) is 69.7 cm³/mol. The summed E-state index contributed by atoms with van der Waals surface area (Å²) < 4.78 is 0. The van der Waals surface area contributed by atoms with Gasteiger partial charge in [0.05, 0.1) is 11.3 Å². The van der Waals surface area contributed by atoms with E-state index < -0.39 is 0 Å². The molecule has 0 amide bonds.